The van der Waals surface area contributed by atoms with Crippen LogP contribution in [0, 0.1) is 0 Å². The third kappa shape index (κ3) is 3.40. The maximum atomic E-state index is 12.7. The number of hydrogen-bond donors (Lipinski definition) is 1. The number of carbonyl (C=O) groups excluding carboxylic acids is 2. The van der Waals surface area contributed by atoms with Gasteiger partial charge in [0, 0.05) is 17.6 Å². The smallest absolute Gasteiger partial charge is 0.307 e. The summed E-state index contributed by atoms with van der Waals surface area (Å²) in [5, 5.41) is 3.73. The number of para-hydroxylation sites is 1. The molecule has 1 aromatic heterocycles. The number of nitrogens with one attached hydrogen (secondary N) is 1. The zero-order valence-electron chi connectivity index (χ0n) is 14.1. The number of nitrogens with zero attached hydrogens (tertiary/aromatic N) is 1. The second-order valence-electron chi connectivity index (χ2n) is 6.33. The van der Waals surface area contributed by atoms with Crippen molar-refractivity contribution in [3.05, 3.63) is 41.1 Å². The molecule has 0 saturated heterocycles. The predicted molar refractivity (Wildman–Crippen MR) is 91.9 cm³/mol. The number of aromatic nitrogens is 1. The van der Waals surface area contributed by atoms with Gasteiger partial charge >= 0.3 is 5.97 Å². The lowest BCUT2D eigenvalue weighted by molar-refractivity contribution is -0.147. The molecule has 24 heavy (non-hydrogen) atoms. The van der Waals surface area contributed by atoms with Gasteiger partial charge in [-0.25, -0.2) is 0 Å². The van der Waals surface area contributed by atoms with Crippen molar-refractivity contribution in [2.45, 2.75) is 45.6 Å². The van der Waals surface area contributed by atoms with Crippen molar-refractivity contribution in [3.8, 4) is 0 Å². The summed E-state index contributed by atoms with van der Waals surface area (Å²) in [6, 6.07) is 7.72. The maximum Gasteiger partial charge on any atom is 0.307 e. The van der Waals surface area contributed by atoms with Crippen LogP contribution in [-0.4, -0.2) is 29.5 Å². The SMILES string of the molecule is CC(C)OC(=O)CCNC(=O)c1c2c(nc3ccccc13)CCC2. The molecule has 0 spiro atoms. The number of pyridine rings is 1. The van der Waals surface area contributed by atoms with Gasteiger partial charge < -0.3 is 10.1 Å². The molecule has 1 heterocycles. The molecule has 1 N–H and O–H groups in total. The van der Waals surface area contributed by atoms with Crippen LogP contribution in [0.15, 0.2) is 24.3 Å². The fourth-order valence-corrected chi connectivity index (χ4v) is 3.16. The van der Waals surface area contributed by atoms with Crippen molar-refractivity contribution in [1.29, 1.82) is 0 Å². The maximum absolute atomic E-state index is 12.7. The van der Waals surface area contributed by atoms with Crippen LogP contribution in [0.5, 0.6) is 0 Å². The Hall–Kier alpha value is -2.43. The van der Waals surface area contributed by atoms with Crippen LogP contribution in [0.1, 0.15) is 48.3 Å². The minimum Gasteiger partial charge on any atom is -0.463 e. The number of hydrogen-bond acceptors (Lipinski definition) is 4. The van der Waals surface area contributed by atoms with Crippen molar-refractivity contribution < 1.29 is 14.3 Å². The van der Waals surface area contributed by atoms with E-state index in [1.165, 1.54) is 0 Å². The number of esters is 1. The molecule has 1 aliphatic rings. The molecule has 0 atom stereocenters. The zero-order chi connectivity index (χ0) is 17.1. The first kappa shape index (κ1) is 16.4. The van der Waals surface area contributed by atoms with Crippen molar-refractivity contribution in [2.24, 2.45) is 0 Å². The van der Waals surface area contributed by atoms with Gasteiger partial charge in [-0.05, 0) is 44.7 Å². The highest BCUT2D eigenvalue weighted by atomic mass is 16.5. The topological polar surface area (TPSA) is 68.3 Å². The van der Waals surface area contributed by atoms with Crippen LogP contribution < -0.4 is 5.32 Å². The van der Waals surface area contributed by atoms with Gasteiger partial charge in [0.25, 0.3) is 5.91 Å². The first-order valence-electron chi connectivity index (χ1n) is 8.44. The van der Waals surface area contributed by atoms with Gasteiger partial charge in [-0.15, -0.1) is 0 Å². The molecule has 5 heteroatoms. The Kier molecular flexibility index (Phi) is 4.79. The number of ether oxygens (including phenoxy) is 1. The van der Waals surface area contributed by atoms with E-state index < -0.39 is 0 Å². The second-order valence-corrected chi connectivity index (χ2v) is 6.33. The number of rotatable bonds is 5. The third-order valence-electron chi connectivity index (χ3n) is 4.13. The van der Waals surface area contributed by atoms with Crippen molar-refractivity contribution in [1.82, 2.24) is 10.3 Å². The first-order chi connectivity index (χ1) is 11.6. The van der Waals surface area contributed by atoms with Crippen LogP contribution in [0.4, 0.5) is 0 Å². The molecule has 0 unspecified atom stereocenters. The molecule has 2 aromatic rings. The molecule has 1 aromatic carbocycles. The fraction of sp³-hybridized carbons (Fsp3) is 0.421. The lowest BCUT2D eigenvalue weighted by Crippen LogP contribution is -2.28. The normalized spacial score (nSPS) is 13.1. The lowest BCUT2D eigenvalue weighted by Gasteiger charge is -2.13. The highest BCUT2D eigenvalue weighted by molar-refractivity contribution is 6.07. The number of aryl methyl sites for hydroxylation is 1. The zero-order valence-corrected chi connectivity index (χ0v) is 14.1. The van der Waals surface area contributed by atoms with E-state index in [1.54, 1.807) is 0 Å². The fourth-order valence-electron chi connectivity index (χ4n) is 3.16. The summed E-state index contributed by atoms with van der Waals surface area (Å²) in [6.45, 7) is 3.89. The average Bonchev–Trinajstić information content (AvgIpc) is 2.99. The molecule has 1 aliphatic carbocycles. The van der Waals surface area contributed by atoms with Gasteiger partial charge in [0.05, 0.1) is 23.6 Å². The van der Waals surface area contributed by atoms with Crippen LogP contribution in [0.25, 0.3) is 10.9 Å². The average molecular weight is 326 g/mol. The highest BCUT2D eigenvalue weighted by Gasteiger charge is 2.23. The van der Waals surface area contributed by atoms with Gasteiger partial charge in [0.2, 0.25) is 0 Å². The van der Waals surface area contributed by atoms with Crippen molar-refractivity contribution in [2.75, 3.05) is 6.54 Å². The minimum absolute atomic E-state index is 0.135. The molecule has 0 bridgehead atoms. The summed E-state index contributed by atoms with van der Waals surface area (Å²) in [4.78, 5) is 29.0. The lowest BCUT2D eigenvalue weighted by atomic mass is 10.0. The summed E-state index contributed by atoms with van der Waals surface area (Å²) in [6.07, 6.45) is 2.86. The molecular formula is C19H22N2O3. The van der Waals surface area contributed by atoms with Gasteiger partial charge in [-0.1, -0.05) is 18.2 Å². The van der Waals surface area contributed by atoms with E-state index in [9.17, 15) is 9.59 Å². The number of amides is 1. The standard InChI is InChI=1S/C19H22N2O3/c1-12(2)24-17(22)10-11-20-19(23)18-13-6-3-4-8-15(13)21-16-9-5-7-14(16)18/h3-4,6,8,12H,5,7,9-11H2,1-2H3,(H,20,23). The van der Waals surface area contributed by atoms with E-state index in [0.29, 0.717) is 5.56 Å². The van der Waals surface area contributed by atoms with Gasteiger partial charge in [0.15, 0.2) is 0 Å². The van der Waals surface area contributed by atoms with Crippen LogP contribution in [0.2, 0.25) is 0 Å². The summed E-state index contributed by atoms with van der Waals surface area (Å²) in [7, 11) is 0. The number of carbonyl (C=O) groups is 2. The highest BCUT2D eigenvalue weighted by Crippen LogP contribution is 2.29. The quantitative estimate of drug-likeness (QED) is 0.858. The Morgan fingerprint density at radius 3 is 2.83 bits per heavy atom. The first-order valence-corrected chi connectivity index (χ1v) is 8.44. The molecule has 3 rings (SSSR count). The molecular weight excluding hydrogens is 304 g/mol. The van der Waals surface area contributed by atoms with Gasteiger partial charge in [-0.3, -0.25) is 14.6 Å². The summed E-state index contributed by atoms with van der Waals surface area (Å²) in [5.74, 6) is -0.431. The second kappa shape index (κ2) is 6.99. The Labute approximate surface area is 141 Å². The molecule has 1 amide bonds. The van der Waals surface area contributed by atoms with Crippen LogP contribution in [-0.2, 0) is 22.4 Å². The molecule has 0 fully saturated rings. The number of fused-ring (bicyclic) bond motifs is 2. The van der Waals surface area contributed by atoms with E-state index in [4.69, 9.17) is 4.74 Å². The Morgan fingerprint density at radius 2 is 2.04 bits per heavy atom. The Bertz CT molecular complexity index is 784. The monoisotopic (exact) mass is 326 g/mol. The molecule has 5 nitrogen and oxygen atoms in total. The molecule has 0 aliphatic heterocycles. The minimum atomic E-state index is -0.296. The van der Waals surface area contributed by atoms with Crippen LogP contribution >= 0.6 is 0 Å². The van der Waals surface area contributed by atoms with Crippen molar-refractivity contribution >= 4 is 22.8 Å². The van der Waals surface area contributed by atoms with E-state index in [-0.39, 0.29) is 30.9 Å². The third-order valence-corrected chi connectivity index (χ3v) is 4.13. The summed E-state index contributed by atoms with van der Waals surface area (Å²) < 4.78 is 5.08. The largest absolute Gasteiger partial charge is 0.463 e. The predicted octanol–water partition coefficient (Wildman–Crippen LogP) is 2.80. The van der Waals surface area contributed by atoms with E-state index >= 15 is 0 Å². The Balaban J connectivity index is 1.79. The van der Waals surface area contributed by atoms with Gasteiger partial charge in [0.1, 0.15) is 0 Å². The molecule has 0 saturated carbocycles. The van der Waals surface area contributed by atoms with E-state index in [1.807, 2.05) is 38.1 Å². The molecule has 126 valence electrons. The van der Waals surface area contributed by atoms with E-state index in [2.05, 4.69) is 10.3 Å². The Morgan fingerprint density at radius 1 is 1.25 bits per heavy atom. The summed E-state index contributed by atoms with van der Waals surface area (Å²) in [5.41, 5.74) is 3.64. The van der Waals surface area contributed by atoms with Crippen molar-refractivity contribution in [3.63, 3.8) is 0 Å². The summed E-state index contributed by atoms with van der Waals surface area (Å²) >= 11 is 0. The van der Waals surface area contributed by atoms with E-state index in [0.717, 1.165) is 41.4 Å². The number of benzene rings is 1. The van der Waals surface area contributed by atoms with Crippen LogP contribution in [0.3, 0.4) is 0 Å². The molecule has 0 radical (unpaired) electrons. The van der Waals surface area contributed by atoms with Gasteiger partial charge in [-0.2, -0.15) is 0 Å².